The number of ether oxygens (including phenoxy) is 1. The first-order valence-electron chi connectivity index (χ1n) is 15.2. The van der Waals surface area contributed by atoms with E-state index in [0.717, 1.165) is 33.4 Å². The molecule has 0 atom stereocenters. The molecule has 0 unspecified atom stereocenters. The van der Waals surface area contributed by atoms with Gasteiger partial charge in [-0.2, -0.15) is 5.26 Å². The normalized spacial score (nSPS) is 12.2. The van der Waals surface area contributed by atoms with Crippen molar-refractivity contribution in [2.75, 3.05) is 0 Å². The lowest BCUT2D eigenvalue weighted by molar-refractivity contribution is 0.487. The highest BCUT2D eigenvalue weighted by Crippen LogP contribution is 2.50. The molecule has 9 aromatic rings. The number of rotatable bonds is 2. The van der Waals surface area contributed by atoms with Gasteiger partial charge in [-0.25, -0.2) is 0 Å². The number of nitrogens with zero attached hydrogens (tertiary/aromatic N) is 1. The third-order valence-electron chi connectivity index (χ3n) is 9.64. The van der Waals surface area contributed by atoms with E-state index in [9.17, 15) is 5.26 Å². The Kier molecular flexibility index (Phi) is 4.82. The number of benzene rings is 9. The van der Waals surface area contributed by atoms with E-state index < -0.39 is 0 Å². The zero-order valence-corrected chi connectivity index (χ0v) is 24.1. The molecule has 0 aliphatic carbocycles. The number of fused-ring (bicyclic) bond motifs is 3. The summed E-state index contributed by atoms with van der Waals surface area (Å²) >= 11 is 0. The standard InChI is InChI=1S/C43H23NO/c44-24-25-8-15-34-38-21-20-33(35-6-3-7-39(43(35)38)45-40(34)22-25)32-17-12-28-13-18-36-31(16-11-27-14-19-37(32)42(28)41(27)36)30-10-9-26-4-1-2-5-29(26)23-30/h1-23H. The summed E-state index contributed by atoms with van der Waals surface area (Å²) in [6, 6.07) is 52.2. The minimum Gasteiger partial charge on any atom is -0.456 e. The van der Waals surface area contributed by atoms with Gasteiger partial charge in [0.15, 0.2) is 0 Å². The highest BCUT2D eigenvalue weighted by molar-refractivity contribution is 6.28. The van der Waals surface area contributed by atoms with Crippen molar-refractivity contribution in [3.63, 3.8) is 0 Å². The van der Waals surface area contributed by atoms with Crippen molar-refractivity contribution in [2.24, 2.45) is 0 Å². The third-order valence-corrected chi connectivity index (χ3v) is 9.64. The van der Waals surface area contributed by atoms with Crippen LogP contribution in [0.5, 0.6) is 11.5 Å². The fourth-order valence-corrected chi connectivity index (χ4v) is 7.58. The van der Waals surface area contributed by atoms with E-state index in [1.165, 1.54) is 65.3 Å². The van der Waals surface area contributed by atoms with Crippen molar-refractivity contribution in [3.8, 4) is 50.9 Å². The van der Waals surface area contributed by atoms with Crippen LogP contribution < -0.4 is 4.74 Å². The molecule has 0 spiro atoms. The maximum Gasteiger partial charge on any atom is 0.136 e. The Morgan fingerprint density at radius 2 is 1.02 bits per heavy atom. The predicted octanol–water partition coefficient (Wildman–Crippen LogP) is 11.9. The van der Waals surface area contributed by atoms with Crippen LogP contribution in [0.1, 0.15) is 5.56 Å². The fraction of sp³-hybridized carbons (Fsp3) is 0. The zero-order valence-electron chi connectivity index (χ0n) is 24.1. The van der Waals surface area contributed by atoms with E-state index in [1.807, 2.05) is 24.3 Å². The van der Waals surface area contributed by atoms with Gasteiger partial charge in [-0.15, -0.1) is 0 Å². The van der Waals surface area contributed by atoms with Gasteiger partial charge >= 0.3 is 0 Å². The number of nitriles is 1. The smallest absolute Gasteiger partial charge is 0.136 e. The van der Waals surface area contributed by atoms with Crippen LogP contribution >= 0.6 is 0 Å². The van der Waals surface area contributed by atoms with Gasteiger partial charge in [0, 0.05) is 10.9 Å². The minimum absolute atomic E-state index is 0.596. The van der Waals surface area contributed by atoms with Crippen molar-refractivity contribution in [2.45, 2.75) is 0 Å². The molecule has 2 heteroatoms. The van der Waals surface area contributed by atoms with Crippen LogP contribution in [-0.2, 0) is 0 Å². The summed E-state index contributed by atoms with van der Waals surface area (Å²) < 4.78 is 6.39. The minimum atomic E-state index is 0.596. The maximum atomic E-state index is 9.44. The first kappa shape index (κ1) is 24.3. The average molecular weight is 570 g/mol. The summed E-state index contributed by atoms with van der Waals surface area (Å²) in [5.74, 6) is 1.55. The lowest BCUT2D eigenvalue weighted by atomic mass is 9.85. The molecule has 206 valence electrons. The van der Waals surface area contributed by atoms with Gasteiger partial charge in [-0.1, -0.05) is 109 Å². The molecule has 1 aliphatic heterocycles. The second-order valence-electron chi connectivity index (χ2n) is 12.0. The molecule has 0 saturated carbocycles. The lowest BCUT2D eigenvalue weighted by Gasteiger charge is -2.23. The highest BCUT2D eigenvalue weighted by atomic mass is 16.5. The highest BCUT2D eigenvalue weighted by Gasteiger charge is 2.23. The summed E-state index contributed by atoms with van der Waals surface area (Å²) in [5.41, 5.74) is 7.63. The molecule has 9 aromatic carbocycles. The summed E-state index contributed by atoms with van der Waals surface area (Å²) in [6.07, 6.45) is 0. The summed E-state index contributed by atoms with van der Waals surface area (Å²) in [6.45, 7) is 0. The topological polar surface area (TPSA) is 33.0 Å². The molecular weight excluding hydrogens is 546 g/mol. The van der Waals surface area contributed by atoms with Gasteiger partial charge in [0.05, 0.1) is 11.6 Å². The molecule has 0 radical (unpaired) electrons. The number of hydrogen-bond acceptors (Lipinski definition) is 2. The van der Waals surface area contributed by atoms with Crippen LogP contribution in [0, 0.1) is 11.3 Å². The van der Waals surface area contributed by atoms with Gasteiger partial charge in [-0.05, 0) is 107 Å². The molecule has 1 aliphatic rings. The molecule has 0 amide bonds. The Bertz CT molecular complexity index is 2750. The Hall–Kier alpha value is -6.17. The van der Waals surface area contributed by atoms with E-state index in [1.54, 1.807) is 0 Å². The molecule has 1 heterocycles. The SMILES string of the molecule is N#Cc1ccc2c(c1)Oc1cccc3c(-c4ccc5ccc6c(-c7ccc8ccccc8c7)ccc7ccc4c5c76)ccc-2c13. The Morgan fingerprint density at radius 1 is 0.400 bits per heavy atom. The Labute approximate surface area is 259 Å². The van der Waals surface area contributed by atoms with Gasteiger partial charge in [0.2, 0.25) is 0 Å². The van der Waals surface area contributed by atoms with Crippen molar-refractivity contribution >= 4 is 53.9 Å². The molecule has 45 heavy (non-hydrogen) atoms. The Balaban J connectivity index is 1.22. The number of hydrogen-bond donors (Lipinski definition) is 0. The van der Waals surface area contributed by atoms with E-state index in [0.29, 0.717) is 5.56 Å². The van der Waals surface area contributed by atoms with E-state index in [2.05, 4.69) is 121 Å². The fourth-order valence-electron chi connectivity index (χ4n) is 7.58. The molecule has 0 saturated heterocycles. The predicted molar refractivity (Wildman–Crippen MR) is 186 cm³/mol. The van der Waals surface area contributed by atoms with Crippen molar-refractivity contribution in [3.05, 3.63) is 145 Å². The third kappa shape index (κ3) is 3.38. The largest absolute Gasteiger partial charge is 0.456 e. The van der Waals surface area contributed by atoms with Crippen LogP contribution in [0.4, 0.5) is 0 Å². The van der Waals surface area contributed by atoms with Gasteiger partial charge < -0.3 is 4.74 Å². The quantitative estimate of drug-likeness (QED) is 0.194. The molecular formula is C43H23NO. The van der Waals surface area contributed by atoms with Crippen LogP contribution in [0.2, 0.25) is 0 Å². The van der Waals surface area contributed by atoms with E-state index in [-0.39, 0.29) is 0 Å². The van der Waals surface area contributed by atoms with Crippen molar-refractivity contribution in [1.29, 1.82) is 5.26 Å². The van der Waals surface area contributed by atoms with E-state index >= 15 is 0 Å². The van der Waals surface area contributed by atoms with Gasteiger partial charge in [-0.3, -0.25) is 0 Å². The van der Waals surface area contributed by atoms with Crippen molar-refractivity contribution < 1.29 is 4.74 Å². The molecule has 0 bridgehead atoms. The molecule has 0 aromatic heterocycles. The van der Waals surface area contributed by atoms with E-state index in [4.69, 9.17) is 4.74 Å². The van der Waals surface area contributed by atoms with Crippen LogP contribution in [0.15, 0.2) is 140 Å². The molecule has 0 N–H and O–H groups in total. The summed E-state index contributed by atoms with van der Waals surface area (Å²) in [5, 5.41) is 21.9. The molecule has 2 nitrogen and oxygen atoms in total. The molecule has 0 fully saturated rings. The zero-order chi connectivity index (χ0) is 29.6. The average Bonchev–Trinajstić information content (AvgIpc) is 3.10. The van der Waals surface area contributed by atoms with Crippen LogP contribution in [-0.4, -0.2) is 0 Å². The summed E-state index contributed by atoms with van der Waals surface area (Å²) in [4.78, 5) is 0. The summed E-state index contributed by atoms with van der Waals surface area (Å²) in [7, 11) is 0. The Morgan fingerprint density at radius 3 is 1.82 bits per heavy atom. The van der Waals surface area contributed by atoms with Crippen LogP contribution in [0.3, 0.4) is 0 Å². The van der Waals surface area contributed by atoms with Crippen LogP contribution in [0.25, 0.3) is 87.2 Å². The lowest BCUT2D eigenvalue weighted by Crippen LogP contribution is -1.98. The first-order chi connectivity index (χ1) is 22.2. The maximum absolute atomic E-state index is 9.44. The van der Waals surface area contributed by atoms with Gasteiger partial charge in [0.25, 0.3) is 0 Å². The van der Waals surface area contributed by atoms with Gasteiger partial charge in [0.1, 0.15) is 11.5 Å². The second-order valence-corrected chi connectivity index (χ2v) is 12.0. The monoisotopic (exact) mass is 569 g/mol. The first-order valence-corrected chi connectivity index (χ1v) is 15.2. The molecule has 10 rings (SSSR count). The second kappa shape index (κ2) is 8.92. The van der Waals surface area contributed by atoms with Crippen molar-refractivity contribution in [1.82, 2.24) is 0 Å².